The Labute approximate surface area is 124 Å². The van der Waals surface area contributed by atoms with Crippen LogP contribution in [0.15, 0.2) is 30.4 Å². The van der Waals surface area contributed by atoms with E-state index < -0.39 is 17.9 Å². The third-order valence-electron chi connectivity index (χ3n) is 3.09. The van der Waals surface area contributed by atoms with Crippen LogP contribution >= 0.6 is 0 Å². The number of carbonyl (C=O) groups excluding carboxylic acids is 1. The fourth-order valence-corrected chi connectivity index (χ4v) is 1.68. The van der Waals surface area contributed by atoms with E-state index in [4.69, 9.17) is 9.84 Å². The first-order valence-electron chi connectivity index (χ1n) is 6.77. The molecule has 5 nitrogen and oxygen atoms in total. The Hall–Kier alpha value is -2.30. The molecule has 0 spiro atoms. The van der Waals surface area contributed by atoms with Gasteiger partial charge >= 0.3 is 5.97 Å². The number of carboxylic acids is 1. The van der Waals surface area contributed by atoms with E-state index in [1.54, 1.807) is 25.1 Å². The number of ether oxygens (including phenoxy) is 1. The largest absolute Gasteiger partial charge is 0.484 e. The van der Waals surface area contributed by atoms with Crippen molar-refractivity contribution >= 4 is 11.9 Å². The van der Waals surface area contributed by atoms with Gasteiger partial charge in [-0.1, -0.05) is 18.2 Å². The van der Waals surface area contributed by atoms with Crippen LogP contribution in [0, 0.1) is 13.8 Å². The van der Waals surface area contributed by atoms with Crippen molar-refractivity contribution in [1.29, 1.82) is 0 Å². The van der Waals surface area contributed by atoms with Crippen molar-refractivity contribution in [3.05, 3.63) is 41.5 Å². The number of allylic oxidation sites excluding steroid dienone is 1. The molecule has 1 atom stereocenters. The number of nitrogens with one attached hydrogen (secondary N) is 1. The maximum Gasteiger partial charge on any atom is 0.326 e. The minimum absolute atomic E-state index is 0.206. The number of rotatable bonds is 7. The number of benzene rings is 1. The molecule has 0 aliphatic rings. The van der Waals surface area contributed by atoms with Crippen molar-refractivity contribution in [2.75, 3.05) is 6.61 Å². The van der Waals surface area contributed by atoms with Gasteiger partial charge in [-0.05, 0) is 50.5 Å². The number of hydrogen-bond acceptors (Lipinski definition) is 3. The summed E-state index contributed by atoms with van der Waals surface area (Å²) in [6.45, 7) is 5.54. The molecule has 0 aliphatic heterocycles. The fraction of sp³-hybridized carbons (Fsp3) is 0.375. The van der Waals surface area contributed by atoms with E-state index in [1.807, 2.05) is 26.0 Å². The quantitative estimate of drug-likeness (QED) is 0.755. The van der Waals surface area contributed by atoms with Gasteiger partial charge < -0.3 is 15.2 Å². The van der Waals surface area contributed by atoms with Crippen molar-refractivity contribution in [3.63, 3.8) is 0 Å². The third kappa shape index (κ3) is 5.69. The first kappa shape index (κ1) is 16.8. The molecule has 0 bridgehead atoms. The predicted octanol–water partition coefficient (Wildman–Crippen LogP) is 2.22. The second kappa shape index (κ2) is 8.09. The first-order valence-corrected chi connectivity index (χ1v) is 6.77. The highest BCUT2D eigenvalue weighted by Crippen LogP contribution is 2.16. The lowest BCUT2D eigenvalue weighted by molar-refractivity contribution is -0.142. The van der Waals surface area contributed by atoms with Gasteiger partial charge in [-0.25, -0.2) is 4.79 Å². The molecule has 114 valence electrons. The van der Waals surface area contributed by atoms with Crippen molar-refractivity contribution in [2.24, 2.45) is 0 Å². The molecule has 1 aromatic carbocycles. The smallest absolute Gasteiger partial charge is 0.326 e. The van der Waals surface area contributed by atoms with Gasteiger partial charge in [0.15, 0.2) is 6.61 Å². The van der Waals surface area contributed by atoms with E-state index in [2.05, 4.69) is 5.32 Å². The number of aryl methyl sites for hydroxylation is 2. The van der Waals surface area contributed by atoms with Crippen molar-refractivity contribution < 1.29 is 19.4 Å². The molecular formula is C16H21NO4. The highest BCUT2D eigenvalue weighted by atomic mass is 16.5. The molecule has 21 heavy (non-hydrogen) atoms. The van der Waals surface area contributed by atoms with E-state index in [0.717, 1.165) is 11.1 Å². The van der Waals surface area contributed by atoms with Crippen molar-refractivity contribution in [3.8, 4) is 5.75 Å². The molecule has 1 amide bonds. The molecule has 0 radical (unpaired) electrons. The number of aliphatic carboxylic acids is 1. The van der Waals surface area contributed by atoms with Crippen LogP contribution in [0.25, 0.3) is 0 Å². The monoisotopic (exact) mass is 291 g/mol. The van der Waals surface area contributed by atoms with Crippen LogP contribution in [0.2, 0.25) is 0 Å². The zero-order valence-electron chi connectivity index (χ0n) is 12.6. The van der Waals surface area contributed by atoms with Crippen LogP contribution in [-0.4, -0.2) is 29.6 Å². The van der Waals surface area contributed by atoms with Crippen LogP contribution < -0.4 is 10.1 Å². The lowest BCUT2D eigenvalue weighted by atomic mass is 10.1. The van der Waals surface area contributed by atoms with Crippen molar-refractivity contribution in [1.82, 2.24) is 5.32 Å². The van der Waals surface area contributed by atoms with E-state index in [1.165, 1.54) is 0 Å². The van der Waals surface area contributed by atoms with Gasteiger partial charge in [0.25, 0.3) is 5.91 Å². The zero-order valence-corrected chi connectivity index (χ0v) is 12.6. The highest BCUT2D eigenvalue weighted by Gasteiger charge is 2.18. The average molecular weight is 291 g/mol. The minimum Gasteiger partial charge on any atom is -0.484 e. The average Bonchev–Trinajstić information content (AvgIpc) is 2.44. The summed E-state index contributed by atoms with van der Waals surface area (Å²) >= 11 is 0. The molecule has 1 unspecified atom stereocenters. The molecule has 1 aromatic rings. The fourth-order valence-electron chi connectivity index (χ4n) is 1.68. The summed E-state index contributed by atoms with van der Waals surface area (Å²) in [5.74, 6) is -0.925. The Morgan fingerprint density at radius 3 is 2.62 bits per heavy atom. The third-order valence-corrected chi connectivity index (χ3v) is 3.09. The Bertz CT molecular complexity index is 537. The summed E-state index contributed by atoms with van der Waals surface area (Å²) in [5, 5.41) is 11.4. The first-order chi connectivity index (χ1) is 9.93. The Morgan fingerprint density at radius 2 is 2.05 bits per heavy atom. The van der Waals surface area contributed by atoms with Gasteiger partial charge in [0.05, 0.1) is 0 Å². The van der Waals surface area contributed by atoms with Gasteiger partial charge in [-0.3, -0.25) is 4.79 Å². The van der Waals surface area contributed by atoms with Crippen molar-refractivity contribution in [2.45, 2.75) is 33.2 Å². The summed E-state index contributed by atoms with van der Waals surface area (Å²) in [6.07, 6.45) is 3.69. The lowest BCUT2D eigenvalue weighted by Crippen LogP contribution is -2.42. The molecule has 0 saturated carbocycles. The van der Waals surface area contributed by atoms with E-state index in [-0.39, 0.29) is 13.0 Å². The maximum atomic E-state index is 11.7. The molecular weight excluding hydrogens is 270 g/mol. The Balaban J connectivity index is 2.52. The SMILES string of the molecule is C/C=C/CC(NC(=O)COc1ccc(C)c(C)c1)C(=O)O. The standard InChI is InChI=1S/C16H21NO4/c1-4-5-6-14(16(19)20)17-15(18)10-21-13-8-7-11(2)12(3)9-13/h4-5,7-9,14H,6,10H2,1-3H3,(H,17,18)(H,19,20)/b5-4+. The number of hydrogen-bond donors (Lipinski definition) is 2. The Kier molecular flexibility index (Phi) is 6.46. The molecule has 0 fully saturated rings. The zero-order chi connectivity index (χ0) is 15.8. The van der Waals surface area contributed by atoms with Crippen LogP contribution in [0.5, 0.6) is 5.75 Å². The van der Waals surface area contributed by atoms with Gasteiger partial charge in [-0.15, -0.1) is 0 Å². The summed E-state index contributed by atoms with van der Waals surface area (Å²) in [4.78, 5) is 22.7. The van der Waals surface area contributed by atoms with Gasteiger partial charge in [0.1, 0.15) is 11.8 Å². The van der Waals surface area contributed by atoms with E-state index >= 15 is 0 Å². The van der Waals surface area contributed by atoms with E-state index in [0.29, 0.717) is 5.75 Å². The van der Waals surface area contributed by atoms with Gasteiger partial charge in [-0.2, -0.15) is 0 Å². The number of amides is 1. The van der Waals surface area contributed by atoms with Crippen LogP contribution in [0.4, 0.5) is 0 Å². The number of carboxylic acid groups (broad SMARTS) is 1. The van der Waals surface area contributed by atoms with Gasteiger partial charge in [0, 0.05) is 0 Å². The molecule has 5 heteroatoms. The summed E-state index contributed by atoms with van der Waals surface area (Å²) in [6, 6.07) is 4.60. The van der Waals surface area contributed by atoms with Gasteiger partial charge in [0.2, 0.25) is 0 Å². The molecule has 1 rings (SSSR count). The topological polar surface area (TPSA) is 75.6 Å². The number of carbonyl (C=O) groups is 2. The maximum absolute atomic E-state index is 11.7. The summed E-state index contributed by atoms with van der Waals surface area (Å²) in [7, 11) is 0. The summed E-state index contributed by atoms with van der Waals surface area (Å²) in [5.41, 5.74) is 2.22. The molecule has 2 N–H and O–H groups in total. The second-order valence-corrected chi connectivity index (χ2v) is 4.80. The Morgan fingerprint density at radius 1 is 1.33 bits per heavy atom. The molecule has 0 heterocycles. The second-order valence-electron chi connectivity index (χ2n) is 4.80. The normalized spacial score (nSPS) is 12.1. The molecule has 0 aromatic heterocycles. The molecule has 0 saturated heterocycles. The minimum atomic E-state index is -1.06. The van der Waals surface area contributed by atoms with Crippen LogP contribution in [0.3, 0.4) is 0 Å². The summed E-state index contributed by atoms with van der Waals surface area (Å²) < 4.78 is 5.37. The molecule has 0 aliphatic carbocycles. The predicted molar refractivity (Wildman–Crippen MR) is 80.4 cm³/mol. The lowest BCUT2D eigenvalue weighted by Gasteiger charge is -2.13. The van der Waals surface area contributed by atoms with Crippen LogP contribution in [-0.2, 0) is 9.59 Å². The van der Waals surface area contributed by atoms with Crippen LogP contribution in [0.1, 0.15) is 24.5 Å². The van der Waals surface area contributed by atoms with E-state index in [9.17, 15) is 9.59 Å². The highest BCUT2D eigenvalue weighted by molar-refractivity contribution is 5.84.